The molecule has 0 spiro atoms. The summed E-state index contributed by atoms with van der Waals surface area (Å²) in [7, 11) is 0. The van der Waals surface area contributed by atoms with E-state index in [1.807, 2.05) is 6.92 Å². The first kappa shape index (κ1) is 23.7. The van der Waals surface area contributed by atoms with E-state index in [1.165, 1.54) is 32.1 Å². The van der Waals surface area contributed by atoms with Crippen LogP contribution < -0.4 is 0 Å². The number of hydrogen-bond donors (Lipinski definition) is 3. The van der Waals surface area contributed by atoms with Crippen molar-refractivity contribution in [2.24, 2.45) is 46.3 Å². The minimum absolute atomic E-state index is 0.0392. The molecule has 4 saturated carbocycles. The van der Waals surface area contributed by atoms with Gasteiger partial charge < -0.3 is 15.3 Å². The molecule has 0 bridgehead atoms. The second-order valence-corrected chi connectivity index (χ2v) is 12.8. The predicted molar refractivity (Wildman–Crippen MR) is 122 cm³/mol. The van der Waals surface area contributed by atoms with Gasteiger partial charge in [0.2, 0.25) is 0 Å². The molecular formula is C27H46O4. The zero-order valence-corrected chi connectivity index (χ0v) is 20.4. The molecule has 4 aliphatic rings. The highest BCUT2D eigenvalue weighted by atomic mass is 16.3. The molecule has 4 fully saturated rings. The van der Waals surface area contributed by atoms with Crippen LogP contribution in [0.5, 0.6) is 0 Å². The van der Waals surface area contributed by atoms with E-state index in [-0.39, 0.29) is 30.0 Å². The van der Waals surface area contributed by atoms with E-state index in [0.29, 0.717) is 18.3 Å². The van der Waals surface area contributed by atoms with Gasteiger partial charge in [-0.25, -0.2) is 0 Å². The van der Waals surface area contributed by atoms with Gasteiger partial charge in [0.15, 0.2) is 0 Å². The summed E-state index contributed by atoms with van der Waals surface area (Å²) in [6, 6.07) is 0. The van der Waals surface area contributed by atoms with Crippen LogP contribution in [0, 0.1) is 46.3 Å². The third kappa shape index (κ3) is 3.46. The Kier molecular flexibility index (Phi) is 6.19. The number of hydrogen-bond acceptors (Lipinski definition) is 4. The molecule has 31 heavy (non-hydrogen) atoms. The topological polar surface area (TPSA) is 77.8 Å². The van der Waals surface area contributed by atoms with E-state index in [4.69, 9.17) is 0 Å². The van der Waals surface area contributed by atoms with Crippen LogP contribution in [0.2, 0.25) is 0 Å². The monoisotopic (exact) mass is 434 g/mol. The highest BCUT2D eigenvalue weighted by Crippen LogP contribution is 2.68. The molecule has 0 amide bonds. The van der Waals surface area contributed by atoms with Gasteiger partial charge >= 0.3 is 0 Å². The number of rotatable bonds is 5. The number of carbonyl (C=O) groups is 1. The summed E-state index contributed by atoms with van der Waals surface area (Å²) in [5.74, 6) is 3.12. The maximum Gasteiger partial charge on any atom is 0.144 e. The quantitative estimate of drug-likeness (QED) is 0.584. The maximum atomic E-state index is 13.3. The van der Waals surface area contributed by atoms with Crippen LogP contribution in [0.1, 0.15) is 98.8 Å². The van der Waals surface area contributed by atoms with Crippen LogP contribution in [0.3, 0.4) is 0 Å². The second-order valence-electron chi connectivity index (χ2n) is 12.8. The van der Waals surface area contributed by atoms with Crippen molar-refractivity contribution >= 4 is 5.78 Å². The van der Waals surface area contributed by atoms with Crippen molar-refractivity contribution in [1.29, 1.82) is 0 Å². The fraction of sp³-hybridized carbons (Fsp3) is 0.963. The van der Waals surface area contributed by atoms with Gasteiger partial charge in [-0.1, -0.05) is 47.0 Å². The Labute approximate surface area is 189 Å². The van der Waals surface area contributed by atoms with E-state index >= 15 is 0 Å². The molecule has 4 rings (SSSR count). The molecule has 178 valence electrons. The van der Waals surface area contributed by atoms with Crippen LogP contribution in [0.15, 0.2) is 0 Å². The number of carbonyl (C=O) groups excluding carboxylic acids is 1. The molecule has 0 saturated heterocycles. The van der Waals surface area contributed by atoms with Gasteiger partial charge in [0.05, 0.1) is 17.6 Å². The van der Waals surface area contributed by atoms with Gasteiger partial charge in [-0.15, -0.1) is 0 Å². The molecular weight excluding hydrogens is 388 g/mol. The maximum absolute atomic E-state index is 13.3. The van der Waals surface area contributed by atoms with Crippen molar-refractivity contribution in [2.75, 3.05) is 0 Å². The van der Waals surface area contributed by atoms with Crippen LogP contribution in [0.25, 0.3) is 0 Å². The molecule has 10 atom stereocenters. The molecule has 0 heterocycles. The summed E-state index contributed by atoms with van der Waals surface area (Å²) in [5, 5.41) is 32.9. The van der Waals surface area contributed by atoms with Gasteiger partial charge in [0.25, 0.3) is 0 Å². The first-order valence-electron chi connectivity index (χ1n) is 13.1. The van der Waals surface area contributed by atoms with Crippen LogP contribution in [-0.2, 0) is 4.79 Å². The highest BCUT2D eigenvalue weighted by molar-refractivity contribution is 5.88. The normalized spacial score (nSPS) is 50.7. The Bertz CT molecular complexity index is 691. The largest absolute Gasteiger partial charge is 0.393 e. The lowest BCUT2D eigenvalue weighted by atomic mass is 9.42. The van der Waals surface area contributed by atoms with Gasteiger partial charge in [-0.05, 0) is 80.0 Å². The van der Waals surface area contributed by atoms with E-state index in [0.717, 1.165) is 30.6 Å². The van der Waals surface area contributed by atoms with Gasteiger partial charge in [0.1, 0.15) is 11.4 Å². The number of aliphatic hydroxyl groups excluding tert-OH is 2. The smallest absolute Gasteiger partial charge is 0.144 e. The molecule has 0 aromatic carbocycles. The third-order valence-corrected chi connectivity index (χ3v) is 10.9. The molecule has 0 aromatic heterocycles. The fourth-order valence-electron chi connectivity index (χ4n) is 9.13. The molecule has 0 aromatic rings. The summed E-state index contributed by atoms with van der Waals surface area (Å²) in [6.45, 7) is 11.5. The van der Waals surface area contributed by atoms with E-state index in [1.54, 1.807) is 0 Å². The van der Waals surface area contributed by atoms with E-state index in [2.05, 4.69) is 27.7 Å². The summed E-state index contributed by atoms with van der Waals surface area (Å²) < 4.78 is 0. The first-order valence-corrected chi connectivity index (χ1v) is 13.1. The minimum Gasteiger partial charge on any atom is -0.393 e. The van der Waals surface area contributed by atoms with E-state index in [9.17, 15) is 20.1 Å². The third-order valence-electron chi connectivity index (χ3n) is 10.9. The number of Topliss-reactive ketones (excluding diaryl/α,β-unsaturated/α-hetero) is 1. The lowest BCUT2D eigenvalue weighted by Crippen LogP contribution is -2.71. The SMILES string of the molecule is CC(C)CCCC(C)C1CCC2C3CC(O)C4(O)CC(O)CC(=O)C4(C)C3CCC12C. The Balaban J connectivity index is 1.57. The molecule has 4 aliphatic carbocycles. The van der Waals surface area contributed by atoms with Crippen molar-refractivity contribution in [1.82, 2.24) is 0 Å². The molecule has 10 unspecified atom stereocenters. The Morgan fingerprint density at radius 2 is 1.74 bits per heavy atom. The highest BCUT2D eigenvalue weighted by Gasteiger charge is 2.70. The van der Waals surface area contributed by atoms with Crippen molar-refractivity contribution in [3.8, 4) is 0 Å². The van der Waals surface area contributed by atoms with Crippen molar-refractivity contribution in [3.63, 3.8) is 0 Å². The van der Waals surface area contributed by atoms with Crippen LogP contribution in [0.4, 0.5) is 0 Å². The zero-order chi connectivity index (χ0) is 22.8. The minimum atomic E-state index is -1.49. The Hall–Kier alpha value is -0.450. The average molecular weight is 435 g/mol. The molecule has 0 aliphatic heterocycles. The number of ketones is 1. The lowest BCUT2D eigenvalue weighted by Gasteiger charge is -2.64. The van der Waals surface area contributed by atoms with Gasteiger partial charge in [-0.3, -0.25) is 4.79 Å². The Morgan fingerprint density at radius 1 is 1.03 bits per heavy atom. The van der Waals surface area contributed by atoms with E-state index < -0.39 is 23.2 Å². The number of fused-ring (bicyclic) bond motifs is 5. The summed E-state index contributed by atoms with van der Waals surface area (Å²) in [4.78, 5) is 13.3. The standard InChI is InChI=1S/C27H46O4/c1-16(2)7-6-8-17(3)20-9-10-21-19-14-24(30)27(31)15-18(28)13-23(29)26(27,5)22(19)11-12-25(20,21)4/h16-22,24,28,30-31H,6-15H2,1-5H3. The summed E-state index contributed by atoms with van der Waals surface area (Å²) >= 11 is 0. The van der Waals surface area contributed by atoms with Crippen molar-refractivity contribution in [2.45, 2.75) is 117 Å². The Morgan fingerprint density at radius 3 is 2.42 bits per heavy atom. The zero-order valence-electron chi connectivity index (χ0n) is 20.4. The fourth-order valence-corrected chi connectivity index (χ4v) is 9.13. The van der Waals surface area contributed by atoms with Crippen LogP contribution in [-0.4, -0.2) is 38.9 Å². The first-order chi connectivity index (χ1) is 14.4. The molecule has 0 radical (unpaired) electrons. The lowest BCUT2D eigenvalue weighted by molar-refractivity contribution is -0.251. The second kappa shape index (κ2) is 8.09. The average Bonchev–Trinajstić information content (AvgIpc) is 3.02. The van der Waals surface area contributed by atoms with Crippen molar-refractivity contribution < 1.29 is 20.1 Å². The van der Waals surface area contributed by atoms with Gasteiger partial charge in [0, 0.05) is 12.8 Å². The van der Waals surface area contributed by atoms with Crippen LogP contribution >= 0.6 is 0 Å². The molecule has 4 heteroatoms. The number of aliphatic hydroxyl groups is 3. The molecule has 3 N–H and O–H groups in total. The predicted octanol–water partition coefficient (Wildman–Crippen LogP) is 4.73. The molecule has 4 nitrogen and oxygen atoms in total. The van der Waals surface area contributed by atoms with Gasteiger partial charge in [-0.2, -0.15) is 0 Å². The summed E-state index contributed by atoms with van der Waals surface area (Å²) in [6.07, 6.45) is 7.49. The summed E-state index contributed by atoms with van der Waals surface area (Å²) in [5.41, 5.74) is -2.14. The van der Waals surface area contributed by atoms with Crippen molar-refractivity contribution in [3.05, 3.63) is 0 Å².